The molecule has 1 aromatic heterocycles. The first-order chi connectivity index (χ1) is 9.69. The number of methoxy groups -OCH3 is 2. The van der Waals surface area contributed by atoms with Gasteiger partial charge in [-0.15, -0.1) is 0 Å². The Morgan fingerprint density at radius 2 is 1.85 bits per heavy atom. The molecule has 0 radical (unpaired) electrons. The first-order valence-electron chi connectivity index (χ1n) is 5.79. The smallest absolute Gasteiger partial charge is 0.250 e. The van der Waals surface area contributed by atoms with E-state index in [0.29, 0.717) is 17.1 Å². The van der Waals surface area contributed by atoms with Crippen LogP contribution in [0.2, 0.25) is 0 Å². The maximum atomic E-state index is 9.10. The summed E-state index contributed by atoms with van der Waals surface area (Å²) in [6, 6.07) is 5.05. The van der Waals surface area contributed by atoms with Gasteiger partial charge in [-0.2, -0.15) is 9.97 Å². The van der Waals surface area contributed by atoms with Gasteiger partial charge >= 0.3 is 0 Å². The number of aliphatic hydroxyl groups excluding tert-OH is 1. The van der Waals surface area contributed by atoms with Crippen molar-refractivity contribution in [3.05, 3.63) is 30.1 Å². The molecule has 0 unspecified atom stereocenters. The molecule has 1 heterocycles. The molecule has 0 spiro atoms. The van der Waals surface area contributed by atoms with Crippen molar-refractivity contribution in [2.45, 2.75) is 6.61 Å². The van der Waals surface area contributed by atoms with Crippen molar-refractivity contribution in [2.75, 3.05) is 20.0 Å². The second-order valence-electron chi connectivity index (χ2n) is 3.85. The summed E-state index contributed by atoms with van der Waals surface area (Å²) in [5.41, 5.74) is 6.74. The van der Waals surface area contributed by atoms with Crippen LogP contribution in [0, 0.1) is 0 Å². The quantitative estimate of drug-likeness (QED) is 0.851. The minimum atomic E-state index is -0.0832. The van der Waals surface area contributed by atoms with Gasteiger partial charge in [0.2, 0.25) is 11.8 Å². The van der Waals surface area contributed by atoms with E-state index >= 15 is 0 Å². The molecule has 0 aliphatic rings. The van der Waals surface area contributed by atoms with Crippen molar-refractivity contribution >= 4 is 5.69 Å². The molecule has 0 amide bonds. The van der Waals surface area contributed by atoms with Crippen molar-refractivity contribution in [3.8, 4) is 23.3 Å². The van der Waals surface area contributed by atoms with Gasteiger partial charge in [-0.1, -0.05) is 6.07 Å². The molecule has 0 bridgehead atoms. The topological polar surface area (TPSA) is 99.7 Å². The molecule has 2 rings (SSSR count). The summed E-state index contributed by atoms with van der Waals surface area (Å²) in [7, 11) is 2.96. The molecule has 0 fully saturated rings. The fourth-order valence-corrected chi connectivity index (χ4v) is 1.61. The number of aromatic nitrogens is 2. The Kier molecular flexibility index (Phi) is 4.21. The summed E-state index contributed by atoms with van der Waals surface area (Å²) in [6.07, 6.45) is 1.29. The highest BCUT2D eigenvalue weighted by Gasteiger charge is 2.13. The highest BCUT2D eigenvalue weighted by atomic mass is 16.5. The summed E-state index contributed by atoms with van der Waals surface area (Å²) in [5, 5.41) is 9.10. The average Bonchev–Trinajstić information content (AvgIpc) is 2.49. The summed E-state index contributed by atoms with van der Waals surface area (Å²) >= 11 is 0. The Hall–Kier alpha value is -2.54. The molecule has 0 saturated heterocycles. The van der Waals surface area contributed by atoms with E-state index in [1.54, 1.807) is 18.2 Å². The summed E-state index contributed by atoms with van der Waals surface area (Å²) in [4.78, 5) is 7.82. The molecule has 3 N–H and O–H groups in total. The second-order valence-corrected chi connectivity index (χ2v) is 3.85. The van der Waals surface area contributed by atoms with E-state index in [-0.39, 0.29) is 24.1 Å². The maximum absolute atomic E-state index is 9.10. The van der Waals surface area contributed by atoms with Crippen LogP contribution < -0.4 is 19.9 Å². The van der Waals surface area contributed by atoms with Crippen molar-refractivity contribution in [1.29, 1.82) is 0 Å². The predicted molar refractivity (Wildman–Crippen MR) is 72.0 cm³/mol. The molecule has 106 valence electrons. The molecular weight excluding hydrogens is 262 g/mol. The Balaban J connectivity index is 2.35. The van der Waals surface area contributed by atoms with Crippen molar-refractivity contribution < 1.29 is 19.3 Å². The number of ether oxygens (including phenoxy) is 3. The van der Waals surface area contributed by atoms with E-state index in [0.717, 1.165) is 0 Å². The minimum Gasteiger partial charge on any atom is -0.493 e. The highest BCUT2D eigenvalue weighted by Crippen LogP contribution is 2.35. The molecule has 0 saturated carbocycles. The monoisotopic (exact) mass is 277 g/mol. The number of nitrogens with two attached hydrogens (primary N) is 1. The zero-order valence-electron chi connectivity index (χ0n) is 11.2. The van der Waals surface area contributed by atoms with Gasteiger partial charge < -0.3 is 25.1 Å². The Labute approximate surface area is 115 Å². The van der Waals surface area contributed by atoms with Crippen LogP contribution in [0.5, 0.6) is 23.3 Å². The van der Waals surface area contributed by atoms with E-state index < -0.39 is 0 Å². The van der Waals surface area contributed by atoms with Gasteiger partial charge in [0, 0.05) is 0 Å². The lowest BCUT2D eigenvalue weighted by molar-refractivity contribution is 0.280. The standard InChI is InChI=1S/C13H15N3O4/c1-18-10-5-8(6-17)3-4-9(10)20-13-11(14)12(19-2)15-7-16-13/h3-5,7,17H,6,14H2,1-2H3. The zero-order valence-corrected chi connectivity index (χ0v) is 11.2. The van der Waals surface area contributed by atoms with Crippen LogP contribution in [0.4, 0.5) is 5.69 Å². The van der Waals surface area contributed by atoms with E-state index in [1.165, 1.54) is 20.5 Å². The normalized spacial score (nSPS) is 10.2. The largest absolute Gasteiger partial charge is 0.493 e. The van der Waals surface area contributed by atoms with Crippen molar-refractivity contribution in [3.63, 3.8) is 0 Å². The minimum absolute atomic E-state index is 0.0832. The van der Waals surface area contributed by atoms with Gasteiger partial charge in [-0.3, -0.25) is 0 Å². The van der Waals surface area contributed by atoms with E-state index in [4.69, 9.17) is 25.1 Å². The summed E-state index contributed by atoms with van der Waals surface area (Å²) in [5.74, 6) is 1.30. The van der Waals surface area contributed by atoms with Gasteiger partial charge in [0.25, 0.3) is 0 Å². The molecule has 0 atom stereocenters. The number of hydrogen-bond donors (Lipinski definition) is 2. The SMILES string of the molecule is COc1cc(CO)ccc1Oc1ncnc(OC)c1N. The molecule has 0 aliphatic heterocycles. The lowest BCUT2D eigenvalue weighted by Gasteiger charge is -2.12. The number of anilines is 1. The molecule has 0 aliphatic carbocycles. The first kappa shape index (κ1) is 13.9. The van der Waals surface area contributed by atoms with E-state index in [2.05, 4.69) is 9.97 Å². The third kappa shape index (κ3) is 2.72. The zero-order chi connectivity index (χ0) is 14.5. The maximum Gasteiger partial charge on any atom is 0.250 e. The first-order valence-corrected chi connectivity index (χ1v) is 5.79. The molecule has 1 aromatic carbocycles. The average molecular weight is 277 g/mol. The Morgan fingerprint density at radius 3 is 2.50 bits per heavy atom. The molecule has 20 heavy (non-hydrogen) atoms. The van der Waals surface area contributed by atoms with Gasteiger partial charge in [-0.25, -0.2) is 0 Å². The Bertz CT molecular complexity index is 604. The van der Waals surface area contributed by atoms with Crippen LogP contribution in [0.1, 0.15) is 5.56 Å². The van der Waals surface area contributed by atoms with Crippen molar-refractivity contribution in [1.82, 2.24) is 9.97 Å². The van der Waals surface area contributed by atoms with Gasteiger partial charge in [0.05, 0.1) is 20.8 Å². The number of aliphatic hydroxyl groups is 1. The Morgan fingerprint density at radius 1 is 1.10 bits per heavy atom. The molecule has 2 aromatic rings. The second kappa shape index (κ2) is 6.07. The fraction of sp³-hybridized carbons (Fsp3) is 0.231. The van der Waals surface area contributed by atoms with Crippen LogP contribution in [0.15, 0.2) is 24.5 Å². The van der Waals surface area contributed by atoms with Crippen molar-refractivity contribution in [2.24, 2.45) is 0 Å². The number of hydrogen-bond acceptors (Lipinski definition) is 7. The van der Waals surface area contributed by atoms with E-state index in [1.807, 2.05) is 0 Å². The van der Waals surface area contributed by atoms with Crippen LogP contribution in [-0.2, 0) is 6.61 Å². The summed E-state index contributed by atoms with van der Waals surface area (Å²) in [6.45, 7) is -0.0832. The molecule has 7 heteroatoms. The fourth-order valence-electron chi connectivity index (χ4n) is 1.61. The number of benzene rings is 1. The van der Waals surface area contributed by atoms with Crippen LogP contribution in [0.25, 0.3) is 0 Å². The molecule has 7 nitrogen and oxygen atoms in total. The number of nitrogen functional groups attached to an aromatic ring is 1. The van der Waals surface area contributed by atoms with Gasteiger partial charge in [-0.05, 0) is 17.7 Å². The highest BCUT2D eigenvalue weighted by molar-refractivity contribution is 5.57. The van der Waals surface area contributed by atoms with Gasteiger partial charge in [0.15, 0.2) is 17.2 Å². The lowest BCUT2D eigenvalue weighted by atomic mass is 10.2. The predicted octanol–water partition coefficient (Wildman–Crippen LogP) is 1.36. The third-order valence-corrected chi connectivity index (χ3v) is 2.62. The number of nitrogens with zero attached hydrogens (tertiary/aromatic N) is 2. The van der Waals surface area contributed by atoms with Crippen LogP contribution >= 0.6 is 0 Å². The lowest BCUT2D eigenvalue weighted by Crippen LogP contribution is -2.01. The van der Waals surface area contributed by atoms with Crippen LogP contribution in [0.3, 0.4) is 0 Å². The molecular formula is C13H15N3O4. The van der Waals surface area contributed by atoms with E-state index in [9.17, 15) is 0 Å². The third-order valence-electron chi connectivity index (χ3n) is 2.62. The summed E-state index contributed by atoms with van der Waals surface area (Å²) < 4.78 is 15.8. The van der Waals surface area contributed by atoms with Gasteiger partial charge in [0.1, 0.15) is 6.33 Å². The number of rotatable bonds is 5. The van der Waals surface area contributed by atoms with Crippen LogP contribution in [-0.4, -0.2) is 29.3 Å².